The Balaban J connectivity index is 1.97. The Morgan fingerprint density at radius 2 is 1.79 bits per heavy atom. The van der Waals surface area contributed by atoms with Gasteiger partial charge in [-0.1, -0.05) is 30.3 Å². The molecule has 2 unspecified atom stereocenters. The van der Waals surface area contributed by atoms with Gasteiger partial charge in [0.1, 0.15) is 0 Å². The highest BCUT2D eigenvalue weighted by Gasteiger charge is 2.34. The molecule has 3 heteroatoms. The average Bonchev–Trinajstić information content (AvgIpc) is 2.87. The molecule has 4 rings (SSSR count). The van der Waals surface area contributed by atoms with Crippen molar-refractivity contribution in [3.05, 3.63) is 47.5 Å². The number of carbonyl (C=O) groups is 1. The second kappa shape index (κ2) is 4.07. The van der Waals surface area contributed by atoms with Gasteiger partial charge in [-0.3, -0.25) is 4.79 Å². The van der Waals surface area contributed by atoms with Crippen molar-refractivity contribution in [2.45, 2.75) is 5.92 Å². The summed E-state index contributed by atoms with van der Waals surface area (Å²) in [7, 11) is 0. The van der Waals surface area contributed by atoms with Crippen LogP contribution in [-0.2, 0) is 0 Å². The third-order valence-corrected chi connectivity index (χ3v) is 4.43. The summed E-state index contributed by atoms with van der Waals surface area (Å²) in [5.74, 6) is 1.06. The molecule has 3 nitrogen and oxygen atoms in total. The van der Waals surface area contributed by atoms with Gasteiger partial charge in [-0.05, 0) is 28.3 Å². The highest BCUT2D eigenvalue weighted by molar-refractivity contribution is 6.00. The van der Waals surface area contributed by atoms with Gasteiger partial charge in [0.05, 0.1) is 0 Å². The topological polar surface area (TPSA) is 41.1 Å². The molecule has 2 heterocycles. The van der Waals surface area contributed by atoms with Crippen molar-refractivity contribution in [2.75, 3.05) is 19.6 Å². The monoisotopic (exact) mass is 252 g/mol. The van der Waals surface area contributed by atoms with Gasteiger partial charge >= 0.3 is 0 Å². The van der Waals surface area contributed by atoms with Crippen LogP contribution in [0.1, 0.15) is 21.8 Å². The zero-order valence-electron chi connectivity index (χ0n) is 10.6. The lowest BCUT2D eigenvalue weighted by Gasteiger charge is -2.16. The van der Waals surface area contributed by atoms with Crippen LogP contribution in [0.25, 0.3) is 10.8 Å². The van der Waals surface area contributed by atoms with Gasteiger partial charge in [0.15, 0.2) is 0 Å². The first kappa shape index (κ1) is 11.0. The number of hydrogen-bond donors (Lipinski definition) is 2. The zero-order valence-corrected chi connectivity index (χ0v) is 10.6. The zero-order chi connectivity index (χ0) is 12.8. The van der Waals surface area contributed by atoms with Crippen LogP contribution in [0.5, 0.6) is 0 Å². The fraction of sp³-hybridized carbons (Fsp3) is 0.312. The maximum atomic E-state index is 12.2. The number of fused-ring (bicyclic) bond motifs is 4. The summed E-state index contributed by atoms with van der Waals surface area (Å²) in [6, 6.07) is 12.5. The molecule has 1 amide bonds. The van der Waals surface area contributed by atoms with Crippen molar-refractivity contribution in [2.24, 2.45) is 5.92 Å². The van der Waals surface area contributed by atoms with Crippen LogP contribution >= 0.6 is 0 Å². The molecule has 0 spiro atoms. The van der Waals surface area contributed by atoms with Gasteiger partial charge < -0.3 is 10.6 Å². The smallest absolute Gasteiger partial charge is 0.251 e. The number of hydrogen-bond acceptors (Lipinski definition) is 2. The van der Waals surface area contributed by atoms with Gasteiger partial charge in [0.25, 0.3) is 5.91 Å². The van der Waals surface area contributed by atoms with E-state index in [4.69, 9.17) is 0 Å². The molecule has 2 aromatic carbocycles. The fourth-order valence-corrected chi connectivity index (χ4v) is 3.39. The van der Waals surface area contributed by atoms with Crippen LogP contribution in [0.15, 0.2) is 36.4 Å². The van der Waals surface area contributed by atoms with Crippen LogP contribution < -0.4 is 10.6 Å². The van der Waals surface area contributed by atoms with E-state index >= 15 is 0 Å². The molecule has 1 fully saturated rings. The highest BCUT2D eigenvalue weighted by atomic mass is 16.1. The summed E-state index contributed by atoms with van der Waals surface area (Å²) in [6.07, 6.45) is 0. The maximum Gasteiger partial charge on any atom is 0.251 e. The van der Waals surface area contributed by atoms with Crippen LogP contribution in [0.3, 0.4) is 0 Å². The van der Waals surface area contributed by atoms with Crippen LogP contribution in [0.4, 0.5) is 0 Å². The van der Waals surface area contributed by atoms with Crippen LogP contribution in [0.2, 0.25) is 0 Å². The summed E-state index contributed by atoms with van der Waals surface area (Å²) in [4.78, 5) is 12.2. The van der Waals surface area contributed by atoms with E-state index in [2.05, 4.69) is 34.9 Å². The lowest BCUT2D eigenvalue weighted by atomic mass is 9.86. The number of carbonyl (C=O) groups excluding carboxylic acids is 1. The van der Waals surface area contributed by atoms with E-state index in [0.717, 1.165) is 30.6 Å². The third kappa shape index (κ3) is 1.65. The maximum absolute atomic E-state index is 12.2. The number of benzene rings is 2. The lowest BCUT2D eigenvalue weighted by molar-refractivity contribution is 0.0952. The fourth-order valence-electron chi connectivity index (χ4n) is 3.39. The molecule has 2 aromatic rings. The first-order valence-electron chi connectivity index (χ1n) is 6.84. The molecule has 1 saturated heterocycles. The van der Waals surface area contributed by atoms with E-state index in [9.17, 15) is 4.79 Å². The second-order valence-electron chi connectivity index (χ2n) is 5.52. The molecule has 0 saturated carbocycles. The third-order valence-electron chi connectivity index (χ3n) is 4.43. The van der Waals surface area contributed by atoms with Crippen molar-refractivity contribution in [3.63, 3.8) is 0 Å². The Morgan fingerprint density at radius 3 is 2.63 bits per heavy atom. The van der Waals surface area contributed by atoms with E-state index in [0.29, 0.717) is 11.8 Å². The SMILES string of the molecule is O=C1NCC2CNCC2c2cc3ccccc3cc21. The average molecular weight is 252 g/mol. The van der Waals surface area contributed by atoms with Crippen LogP contribution in [0, 0.1) is 5.92 Å². The second-order valence-corrected chi connectivity index (χ2v) is 5.52. The predicted molar refractivity (Wildman–Crippen MR) is 75.4 cm³/mol. The first-order valence-corrected chi connectivity index (χ1v) is 6.84. The number of nitrogens with one attached hydrogen (secondary N) is 2. The van der Waals surface area contributed by atoms with Crippen molar-refractivity contribution in [1.29, 1.82) is 0 Å². The molecular weight excluding hydrogens is 236 g/mol. The molecule has 96 valence electrons. The Hall–Kier alpha value is -1.87. The Kier molecular flexibility index (Phi) is 2.35. The molecule has 19 heavy (non-hydrogen) atoms. The van der Waals surface area contributed by atoms with E-state index in [1.54, 1.807) is 0 Å². The lowest BCUT2D eigenvalue weighted by Crippen LogP contribution is -2.28. The molecule has 2 N–H and O–H groups in total. The standard InChI is InChI=1S/C16H16N2O/c19-16-14-6-11-4-2-1-3-10(11)5-13(14)15-9-17-7-12(15)8-18-16/h1-6,12,15,17H,7-9H2,(H,18,19). The minimum absolute atomic E-state index is 0.0788. The largest absolute Gasteiger partial charge is 0.352 e. The normalized spacial score (nSPS) is 25.6. The van der Waals surface area contributed by atoms with Crippen LogP contribution in [-0.4, -0.2) is 25.5 Å². The van der Waals surface area contributed by atoms with E-state index in [1.807, 2.05) is 12.1 Å². The first-order chi connectivity index (χ1) is 9.33. The summed E-state index contributed by atoms with van der Waals surface area (Å²) in [6.45, 7) is 2.75. The van der Waals surface area contributed by atoms with E-state index < -0.39 is 0 Å². The van der Waals surface area contributed by atoms with Crippen molar-refractivity contribution in [1.82, 2.24) is 10.6 Å². The molecule has 0 bridgehead atoms. The Morgan fingerprint density at radius 1 is 1.00 bits per heavy atom. The molecule has 2 aliphatic rings. The molecular formula is C16H16N2O. The molecule has 0 radical (unpaired) electrons. The molecule has 2 aliphatic heterocycles. The number of amides is 1. The Bertz CT molecular complexity index is 665. The minimum Gasteiger partial charge on any atom is -0.352 e. The predicted octanol–water partition coefficient (Wildman–Crippen LogP) is 1.89. The van der Waals surface area contributed by atoms with Gasteiger partial charge in [-0.2, -0.15) is 0 Å². The Labute approximate surface area is 112 Å². The molecule has 0 aliphatic carbocycles. The molecule has 0 aromatic heterocycles. The summed E-state index contributed by atoms with van der Waals surface area (Å²) in [5.41, 5.74) is 2.07. The quantitative estimate of drug-likeness (QED) is 0.751. The van der Waals surface area contributed by atoms with Gasteiger partial charge in [0, 0.05) is 31.1 Å². The van der Waals surface area contributed by atoms with Crippen molar-refractivity contribution >= 4 is 16.7 Å². The molecule has 2 atom stereocenters. The summed E-state index contributed by atoms with van der Waals surface area (Å²) >= 11 is 0. The van der Waals surface area contributed by atoms with E-state index in [1.165, 1.54) is 10.9 Å². The number of rotatable bonds is 0. The summed E-state index contributed by atoms with van der Waals surface area (Å²) < 4.78 is 0. The minimum atomic E-state index is 0.0788. The van der Waals surface area contributed by atoms with Crippen molar-refractivity contribution < 1.29 is 4.79 Å². The van der Waals surface area contributed by atoms with Gasteiger partial charge in [-0.15, -0.1) is 0 Å². The van der Waals surface area contributed by atoms with E-state index in [-0.39, 0.29) is 5.91 Å². The van der Waals surface area contributed by atoms with Gasteiger partial charge in [-0.25, -0.2) is 0 Å². The van der Waals surface area contributed by atoms with Crippen molar-refractivity contribution in [3.8, 4) is 0 Å². The highest BCUT2D eigenvalue weighted by Crippen LogP contribution is 2.34. The summed E-state index contributed by atoms with van der Waals surface area (Å²) in [5, 5.41) is 8.87. The van der Waals surface area contributed by atoms with Gasteiger partial charge in [0.2, 0.25) is 0 Å².